The number of carbonyl (C=O) groups is 2. The molecule has 1 aliphatic heterocycles. The van der Waals surface area contributed by atoms with Crippen molar-refractivity contribution in [1.29, 1.82) is 0 Å². The number of hydrogen-bond donors (Lipinski definition) is 1. The maximum Gasteiger partial charge on any atom is 0.294 e. The minimum atomic E-state index is -0.704. The highest BCUT2D eigenvalue weighted by molar-refractivity contribution is 6.16. The largest absolute Gasteiger partial charge is 0.503 e. The molecule has 0 saturated carbocycles. The van der Waals surface area contributed by atoms with Crippen LogP contribution < -0.4 is 9.64 Å². The number of nitrogens with zero attached hydrogens (tertiary/aromatic N) is 1. The number of aliphatic hydroxyl groups excluding tert-OH is 1. The third-order valence-electron chi connectivity index (χ3n) is 5.03. The minimum Gasteiger partial charge on any atom is -0.503 e. The molecular weight excluding hydrogens is 354 g/mol. The Kier molecular flexibility index (Phi) is 5.54. The molecule has 1 heterocycles. The van der Waals surface area contributed by atoms with Gasteiger partial charge >= 0.3 is 0 Å². The molecular formula is C23H25NO4. The molecule has 146 valence electrons. The summed E-state index contributed by atoms with van der Waals surface area (Å²) in [6, 6.07) is 14.1. The van der Waals surface area contributed by atoms with Gasteiger partial charge in [0.15, 0.2) is 11.5 Å². The van der Waals surface area contributed by atoms with Crippen molar-refractivity contribution in [1.82, 2.24) is 0 Å². The van der Waals surface area contributed by atoms with E-state index >= 15 is 0 Å². The minimum absolute atomic E-state index is 0.132. The molecule has 1 N–H and O–H groups in total. The molecule has 1 amide bonds. The van der Waals surface area contributed by atoms with E-state index in [0.717, 1.165) is 12.0 Å². The van der Waals surface area contributed by atoms with Crippen molar-refractivity contribution in [3.05, 3.63) is 71.0 Å². The number of Topliss-reactive ketones (excluding diaryl/α,β-unsaturated/α-hetero) is 1. The highest BCUT2D eigenvalue weighted by Crippen LogP contribution is 2.42. The fourth-order valence-electron chi connectivity index (χ4n) is 3.45. The Labute approximate surface area is 165 Å². The van der Waals surface area contributed by atoms with Crippen molar-refractivity contribution in [3.63, 3.8) is 0 Å². The smallest absolute Gasteiger partial charge is 0.294 e. The van der Waals surface area contributed by atoms with Gasteiger partial charge in [0, 0.05) is 11.6 Å². The van der Waals surface area contributed by atoms with Crippen molar-refractivity contribution in [2.75, 3.05) is 12.0 Å². The Balaban J connectivity index is 2.17. The fraction of sp³-hybridized carbons (Fsp3) is 0.304. The summed E-state index contributed by atoms with van der Waals surface area (Å²) in [4.78, 5) is 27.3. The number of methoxy groups -OCH3 is 1. The van der Waals surface area contributed by atoms with Gasteiger partial charge in [-0.15, -0.1) is 0 Å². The Morgan fingerprint density at radius 3 is 2.43 bits per heavy atom. The van der Waals surface area contributed by atoms with Crippen LogP contribution in [-0.4, -0.2) is 23.9 Å². The van der Waals surface area contributed by atoms with Gasteiger partial charge < -0.3 is 9.84 Å². The number of aliphatic hydroxyl groups is 1. The van der Waals surface area contributed by atoms with E-state index in [9.17, 15) is 14.7 Å². The molecule has 0 spiro atoms. The SMILES string of the molecule is CCc1ccc(N2C(=O)C(O)=C(C(=O)C(C)C)C2c2cccc(OC)c2)cc1. The molecule has 5 nitrogen and oxygen atoms in total. The summed E-state index contributed by atoms with van der Waals surface area (Å²) in [6.45, 7) is 5.57. The van der Waals surface area contributed by atoms with Gasteiger partial charge in [-0.1, -0.05) is 45.0 Å². The van der Waals surface area contributed by atoms with Gasteiger partial charge in [0.25, 0.3) is 5.91 Å². The molecule has 0 radical (unpaired) electrons. The maximum atomic E-state index is 13.0. The first-order valence-corrected chi connectivity index (χ1v) is 9.42. The van der Waals surface area contributed by atoms with E-state index in [0.29, 0.717) is 17.0 Å². The summed E-state index contributed by atoms with van der Waals surface area (Å²) in [5.41, 5.74) is 2.62. The number of rotatable bonds is 6. The van der Waals surface area contributed by atoms with Crippen molar-refractivity contribution in [3.8, 4) is 5.75 Å². The van der Waals surface area contributed by atoms with E-state index < -0.39 is 17.7 Å². The number of anilines is 1. The number of hydrogen-bond acceptors (Lipinski definition) is 4. The normalized spacial score (nSPS) is 16.8. The lowest BCUT2D eigenvalue weighted by molar-refractivity contribution is -0.119. The van der Waals surface area contributed by atoms with Crippen LogP contribution in [0.4, 0.5) is 5.69 Å². The zero-order chi connectivity index (χ0) is 20.4. The van der Waals surface area contributed by atoms with Gasteiger partial charge in [0.2, 0.25) is 0 Å². The number of amides is 1. The molecule has 3 rings (SSSR count). The van der Waals surface area contributed by atoms with E-state index in [1.807, 2.05) is 36.4 Å². The van der Waals surface area contributed by atoms with Gasteiger partial charge in [-0.3, -0.25) is 14.5 Å². The quantitative estimate of drug-likeness (QED) is 0.809. The Hall–Kier alpha value is -3.08. The topological polar surface area (TPSA) is 66.8 Å². The monoisotopic (exact) mass is 379 g/mol. The third-order valence-corrected chi connectivity index (χ3v) is 5.03. The number of aryl methyl sites for hydroxylation is 1. The average molecular weight is 379 g/mol. The van der Waals surface area contributed by atoms with Gasteiger partial charge in [-0.2, -0.15) is 0 Å². The third kappa shape index (κ3) is 3.40. The summed E-state index contributed by atoms with van der Waals surface area (Å²) in [5.74, 6) is -1.02. The number of benzene rings is 2. The standard InChI is InChI=1S/C23H25NO4/c1-5-15-9-11-17(12-10-15)24-20(16-7-6-8-18(13-16)28-4)19(21(25)14(2)3)22(26)23(24)27/h6-14,20,26H,5H2,1-4H3. The zero-order valence-electron chi connectivity index (χ0n) is 16.6. The number of carbonyl (C=O) groups excluding carboxylic acids is 2. The predicted octanol–water partition coefficient (Wildman–Crippen LogP) is 4.38. The van der Waals surface area contributed by atoms with E-state index in [-0.39, 0.29) is 17.3 Å². The highest BCUT2D eigenvalue weighted by Gasteiger charge is 2.44. The second-order valence-electron chi connectivity index (χ2n) is 7.16. The summed E-state index contributed by atoms with van der Waals surface area (Å²) in [6.07, 6.45) is 0.883. The first-order valence-electron chi connectivity index (χ1n) is 9.42. The first kappa shape index (κ1) is 19.7. The molecule has 5 heteroatoms. The Morgan fingerprint density at radius 1 is 1.18 bits per heavy atom. The summed E-state index contributed by atoms with van der Waals surface area (Å²) in [5, 5.41) is 10.6. The van der Waals surface area contributed by atoms with Gasteiger partial charge in [-0.05, 0) is 41.8 Å². The van der Waals surface area contributed by atoms with Crippen LogP contribution in [0.5, 0.6) is 5.75 Å². The van der Waals surface area contributed by atoms with Crippen LogP contribution in [0, 0.1) is 5.92 Å². The van der Waals surface area contributed by atoms with Gasteiger partial charge in [-0.25, -0.2) is 0 Å². The molecule has 0 aromatic heterocycles. The highest BCUT2D eigenvalue weighted by atomic mass is 16.5. The molecule has 0 fully saturated rings. The maximum absolute atomic E-state index is 13.0. The molecule has 2 aromatic carbocycles. The lowest BCUT2D eigenvalue weighted by Crippen LogP contribution is -2.31. The molecule has 2 aromatic rings. The van der Waals surface area contributed by atoms with Crippen LogP contribution in [-0.2, 0) is 16.0 Å². The van der Waals surface area contributed by atoms with E-state index in [1.54, 1.807) is 33.1 Å². The molecule has 0 bridgehead atoms. The number of ether oxygens (including phenoxy) is 1. The second-order valence-corrected chi connectivity index (χ2v) is 7.16. The van der Waals surface area contributed by atoms with Crippen molar-refractivity contribution in [2.24, 2.45) is 5.92 Å². The molecule has 1 aliphatic rings. The van der Waals surface area contributed by atoms with Crippen molar-refractivity contribution >= 4 is 17.4 Å². The van der Waals surface area contributed by atoms with E-state index in [4.69, 9.17) is 4.74 Å². The summed E-state index contributed by atoms with van der Waals surface area (Å²) in [7, 11) is 1.56. The van der Waals surface area contributed by atoms with Crippen molar-refractivity contribution < 1.29 is 19.4 Å². The lowest BCUT2D eigenvalue weighted by atomic mass is 9.91. The van der Waals surface area contributed by atoms with Gasteiger partial charge in [0.05, 0.1) is 18.7 Å². The second kappa shape index (κ2) is 7.89. The fourth-order valence-corrected chi connectivity index (χ4v) is 3.45. The summed E-state index contributed by atoms with van der Waals surface area (Å²) < 4.78 is 5.32. The Bertz CT molecular complexity index is 928. The van der Waals surface area contributed by atoms with Crippen LogP contribution in [0.3, 0.4) is 0 Å². The van der Waals surface area contributed by atoms with Crippen molar-refractivity contribution in [2.45, 2.75) is 33.2 Å². The van der Waals surface area contributed by atoms with Crippen LogP contribution in [0.15, 0.2) is 59.9 Å². The van der Waals surface area contributed by atoms with Crippen LogP contribution in [0.1, 0.15) is 37.9 Å². The first-order chi connectivity index (χ1) is 13.4. The van der Waals surface area contributed by atoms with E-state index in [1.165, 1.54) is 4.90 Å². The molecule has 0 aliphatic carbocycles. The number of ketones is 1. The Morgan fingerprint density at radius 2 is 1.86 bits per heavy atom. The van der Waals surface area contributed by atoms with Crippen LogP contribution >= 0.6 is 0 Å². The lowest BCUT2D eigenvalue weighted by Gasteiger charge is -2.27. The van der Waals surface area contributed by atoms with Crippen LogP contribution in [0.2, 0.25) is 0 Å². The summed E-state index contributed by atoms with van der Waals surface area (Å²) >= 11 is 0. The van der Waals surface area contributed by atoms with Gasteiger partial charge in [0.1, 0.15) is 5.75 Å². The average Bonchev–Trinajstić information content (AvgIpc) is 2.98. The van der Waals surface area contributed by atoms with E-state index in [2.05, 4.69) is 6.92 Å². The zero-order valence-corrected chi connectivity index (χ0v) is 16.6. The molecule has 28 heavy (non-hydrogen) atoms. The predicted molar refractivity (Wildman–Crippen MR) is 109 cm³/mol. The van der Waals surface area contributed by atoms with Crippen LogP contribution in [0.25, 0.3) is 0 Å². The molecule has 1 unspecified atom stereocenters. The molecule has 0 saturated heterocycles. The molecule has 1 atom stereocenters.